The normalized spacial score (nSPS) is 20.6. The number of amides is 1. The Balaban J connectivity index is 2.14. The van der Waals surface area contributed by atoms with Crippen LogP contribution < -0.4 is 0 Å². The summed E-state index contributed by atoms with van der Waals surface area (Å²) in [4.78, 5) is 31.2. The van der Waals surface area contributed by atoms with Gasteiger partial charge >= 0.3 is 5.97 Å². The van der Waals surface area contributed by atoms with Crippen molar-refractivity contribution in [2.45, 2.75) is 26.3 Å². The number of ether oxygens (including phenoxy) is 1. The van der Waals surface area contributed by atoms with Gasteiger partial charge in [-0.3, -0.25) is 9.69 Å². The monoisotopic (exact) mass is 408 g/mol. The van der Waals surface area contributed by atoms with Crippen molar-refractivity contribution in [1.29, 1.82) is 0 Å². The van der Waals surface area contributed by atoms with E-state index in [1.165, 1.54) is 0 Å². The zero-order valence-electron chi connectivity index (χ0n) is 13.4. The van der Waals surface area contributed by atoms with E-state index in [1.807, 2.05) is 24.3 Å². The summed E-state index contributed by atoms with van der Waals surface area (Å²) in [6.45, 7) is 3.84. The molecule has 0 bridgehead atoms. The van der Waals surface area contributed by atoms with Crippen LogP contribution in [0, 0.1) is 0 Å². The lowest BCUT2D eigenvalue weighted by molar-refractivity contribution is -0.139. The van der Waals surface area contributed by atoms with Gasteiger partial charge in [0.2, 0.25) is 5.91 Å². The summed E-state index contributed by atoms with van der Waals surface area (Å²) in [7, 11) is 0. The Morgan fingerprint density at radius 3 is 2.79 bits per heavy atom. The fourth-order valence-electron chi connectivity index (χ4n) is 2.83. The molecule has 0 unspecified atom stereocenters. The van der Waals surface area contributed by atoms with Crippen molar-refractivity contribution in [2.75, 3.05) is 12.4 Å². The molecule has 1 amide bonds. The molecule has 1 aromatic carbocycles. The molecule has 5 nitrogen and oxygen atoms in total. The van der Waals surface area contributed by atoms with Crippen LogP contribution in [-0.4, -0.2) is 34.3 Å². The molecule has 7 heteroatoms. The number of carbonyl (C=O) groups is 2. The van der Waals surface area contributed by atoms with Gasteiger partial charge in [0.1, 0.15) is 0 Å². The Labute approximate surface area is 153 Å². The molecule has 0 radical (unpaired) electrons. The molecule has 1 saturated heterocycles. The van der Waals surface area contributed by atoms with Gasteiger partial charge in [0.05, 0.1) is 23.9 Å². The van der Waals surface area contributed by atoms with Crippen molar-refractivity contribution in [3.63, 3.8) is 0 Å². The number of esters is 1. The molecule has 0 aliphatic carbocycles. The van der Waals surface area contributed by atoms with Gasteiger partial charge in [-0.25, -0.2) is 9.79 Å². The minimum absolute atomic E-state index is 0.0188. The van der Waals surface area contributed by atoms with E-state index < -0.39 is 12.0 Å². The lowest BCUT2D eigenvalue weighted by Gasteiger charge is -2.38. The van der Waals surface area contributed by atoms with Crippen LogP contribution in [0.5, 0.6) is 0 Å². The number of benzene rings is 1. The summed E-state index contributed by atoms with van der Waals surface area (Å²) in [5.74, 6) is 0.271. The lowest BCUT2D eigenvalue weighted by Crippen LogP contribution is -2.45. The van der Waals surface area contributed by atoms with Gasteiger partial charge in [-0.1, -0.05) is 39.8 Å². The third kappa shape index (κ3) is 3.15. The van der Waals surface area contributed by atoms with Crippen molar-refractivity contribution < 1.29 is 14.3 Å². The van der Waals surface area contributed by atoms with E-state index in [4.69, 9.17) is 4.74 Å². The minimum atomic E-state index is -0.495. The minimum Gasteiger partial charge on any atom is -0.463 e. The summed E-state index contributed by atoms with van der Waals surface area (Å²) in [5.41, 5.74) is 1.90. The molecule has 1 fully saturated rings. The number of rotatable bonds is 3. The molecule has 24 heavy (non-hydrogen) atoms. The molecule has 1 aromatic rings. The topological polar surface area (TPSA) is 59.0 Å². The highest BCUT2D eigenvalue weighted by Gasteiger charge is 2.41. The van der Waals surface area contributed by atoms with E-state index in [9.17, 15) is 9.59 Å². The number of fused-ring (bicyclic) bond motifs is 1. The van der Waals surface area contributed by atoms with Crippen LogP contribution in [0.1, 0.15) is 31.9 Å². The summed E-state index contributed by atoms with van der Waals surface area (Å²) in [6, 6.07) is 7.14. The third-order valence-corrected chi connectivity index (χ3v) is 5.37. The first kappa shape index (κ1) is 17.2. The molecular weight excluding hydrogens is 392 g/mol. The zero-order chi connectivity index (χ0) is 17.3. The second-order valence-corrected chi connectivity index (χ2v) is 7.41. The molecule has 3 rings (SSSR count). The lowest BCUT2D eigenvalue weighted by atomic mass is 9.94. The number of halogens is 1. The molecule has 0 N–H and O–H groups in total. The highest BCUT2D eigenvalue weighted by Crippen LogP contribution is 2.40. The Kier molecular flexibility index (Phi) is 5.10. The molecule has 126 valence electrons. The Hall–Kier alpha value is -1.60. The van der Waals surface area contributed by atoms with Crippen molar-refractivity contribution in [2.24, 2.45) is 4.99 Å². The van der Waals surface area contributed by atoms with Gasteiger partial charge in [-0.15, -0.1) is 0 Å². The average Bonchev–Trinajstić information content (AvgIpc) is 2.55. The number of carbonyl (C=O) groups excluding carboxylic acids is 2. The largest absolute Gasteiger partial charge is 0.463 e. The molecule has 2 aliphatic rings. The van der Waals surface area contributed by atoms with E-state index in [2.05, 4.69) is 20.9 Å². The molecule has 2 heterocycles. The molecule has 0 spiro atoms. The van der Waals surface area contributed by atoms with Crippen LogP contribution in [0.2, 0.25) is 0 Å². The molecule has 0 aromatic heterocycles. The number of nitrogens with zero attached hydrogens (tertiary/aromatic N) is 2. The predicted octanol–water partition coefficient (Wildman–Crippen LogP) is 3.66. The van der Waals surface area contributed by atoms with Gasteiger partial charge in [-0.2, -0.15) is 0 Å². The molecular formula is C17H17BrN2O3S. The van der Waals surface area contributed by atoms with Crippen LogP contribution in [-0.2, 0) is 14.3 Å². The standard InChI is InChI=1S/C17H17BrN2O3S/c1-3-23-16(22)14-10(2)19-17-20(13(21)8-9-24-17)15(14)11-4-6-12(18)7-5-11/h4-7,15H,3,8-9H2,1-2H3/t15-/m1/s1. The predicted molar refractivity (Wildman–Crippen MR) is 97.6 cm³/mol. The number of thioether (sulfide) groups is 1. The van der Waals surface area contributed by atoms with E-state index in [0.29, 0.717) is 28.6 Å². The summed E-state index contributed by atoms with van der Waals surface area (Å²) < 4.78 is 6.16. The van der Waals surface area contributed by atoms with Gasteiger partial charge in [-0.05, 0) is 31.5 Å². The van der Waals surface area contributed by atoms with E-state index in [0.717, 1.165) is 10.0 Å². The Bertz CT molecular complexity index is 743. The van der Waals surface area contributed by atoms with Gasteiger partial charge in [0, 0.05) is 16.6 Å². The fraction of sp³-hybridized carbons (Fsp3) is 0.353. The van der Waals surface area contributed by atoms with Crippen LogP contribution in [0.25, 0.3) is 0 Å². The fourth-order valence-corrected chi connectivity index (χ4v) is 4.10. The van der Waals surface area contributed by atoms with Crippen molar-refractivity contribution >= 4 is 44.7 Å². The van der Waals surface area contributed by atoms with Gasteiger partial charge < -0.3 is 4.74 Å². The first-order valence-electron chi connectivity index (χ1n) is 7.69. The van der Waals surface area contributed by atoms with Gasteiger partial charge in [0.15, 0.2) is 5.17 Å². The van der Waals surface area contributed by atoms with Crippen LogP contribution in [0.3, 0.4) is 0 Å². The van der Waals surface area contributed by atoms with Gasteiger partial charge in [0.25, 0.3) is 0 Å². The first-order chi connectivity index (χ1) is 11.5. The van der Waals surface area contributed by atoms with E-state index in [1.54, 1.807) is 30.5 Å². The smallest absolute Gasteiger partial charge is 0.338 e. The average molecular weight is 409 g/mol. The SMILES string of the molecule is CCOC(=O)C1=C(C)N=C2SCCC(=O)N2[C@@H]1c1ccc(Br)cc1. The summed E-state index contributed by atoms with van der Waals surface area (Å²) in [5, 5.41) is 0.657. The zero-order valence-corrected chi connectivity index (χ0v) is 15.8. The van der Waals surface area contributed by atoms with E-state index >= 15 is 0 Å². The summed E-state index contributed by atoms with van der Waals surface area (Å²) >= 11 is 4.96. The highest BCUT2D eigenvalue weighted by molar-refractivity contribution is 9.10. The van der Waals surface area contributed by atoms with Crippen LogP contribution in [0.15, 0.2) is 45.0 Å². The number of amidine groups is 1. The highest BCUT2D eigenvalue weighted by atomic mass is 79.9. The first-order valence-corrected chi connectivity index (χ1v) is 9.47. The van der Waals surface area contributed by atoms with Crippen molar-refractivity contribution in [3.8, 4) is 0 Å². The quantitative estimate of drug-likeness (QED) is 0.715. The molecule has 0 saturated carbocycles. The number of aliphatic imine (C=N–C) groups is 1. The number of allylic oxidation sites excluding steroid dienone is 1. The Morgan fingerprint density at radius 1 is 1.42 bits per heavy atom. The second kappa shape index (κ2) is 7.11. The van der Waals surface area contributed by atoms with E-state index in [-0.39, 0.29) is 12.5 Å². The van der Waals surface area contributed by atoms with Crippen molar-refractivity contribution in [1.82, 2.24) is 4.90 Å². The third-order valence-electron chi connectivity index (χ3n) is 3.89. The maximum atomic E-state index is 12.6. The maximum Gasteiger partial charge on any atom is 0.338 e. The molecule has 2 aliphatic heterocycles. The molecule has 1 atom stereocenters. The summed E-state index contributed by atoms with van der Waals surface area (Å²) in [6.07, 6.45) is 0.436. The van der Waals surface area contributed by atoms with Crippen LogP contribution in [0.4, 0.5) is 0 Å². The number of hydrogen-bond acceptors (Lipinski definition) is 5. The van der Waals surface area contributed by atoms with Crippen molar-refractivity contribution in [3.05, 3.63) is 45.6 Å². The maximum absolute atomic E-state index is 12.6. The second-order valence-electron chi connectivity index (χ2n) is 5.43. The number of hydrogen-bond donors (Lipinski definition) is 0. The van der Waals surface area contributed by atoms with Crippen LogP contribution >= 0.6 is 27.7 Å². The Morgan fingerprint density at radius 2 is 2.12 bits per heavy atom.